The average molecular weight is 299 g/mol. The van der Waals surface area contributed by atoms with E-state index >= 15 is 0 Å². The molecule has 0 unspecified atom stereocenters. The van der Waals surface area contributed by atoms with Crippen molar-refractivity contribution in [2.24, 2.45) is 0 Å². The summed E-state index contributed by atoms with van der Waals surface area (Å²) >= 11 is 1.52. The first-order chi connectivity index (χ1) is 8.99. The molecule has 104 valence electrons. The van der Waals surface area contributed by atoms with Crippen molar-refractivity contribution >= 4 is 27.5 Å². The van der Waals surface area contributed by atoms with Crippen LogP contribution in [0.1, 0.15) is 17.3 Å². The van der Waals surface area contributed by atoms with Crippen molar-refractivity contribution in [1.29, 1.82) is 0 Å². The summed E-state index contributed by atoms with van der Waals surface area (Å²) in [5.74, 6) is 0.0636. The van der Waals surface area contributed by atoms with Crippen molar-refractivity contribution in [2.45, 2.75) is 17.1 Å². The highest BCUT2D eigenvalue weighted by Crippen LogP contribution is 2.25. The van der Waals surface area contributed by atoms with Crippen molar-refractivity contribution in [3.05, 3.63) is 29.8 Å². The van der Waals surface area contributed by atoms with Crippen LogP contribution in [0.4, 0.5) is 0 Å². The fourth-order valence-electron chi connectivity index (χ4n) is 2.06. The third-order valence-electron chi connectivity index (χ3n) is 3.38. The lowest BCUT2D eigenvalue weighted by Gasteiger charge is -2.38. The van der Waals surface area contributed by atoms with E-state index < -0.39 is 9.84 Å². The van der Waals surface area contributed by atoms with E-state index in [9.17, 15) is 13.2 Å². The molecule has 1 aromatic carbocycles. The Hall–Kier alpha value is -1.01. The summed E-state index contributed by atoms with van der Waals surface area (Å²) in [6.07, 6.45) is 1.92. The summed E-state index contributed by atoms with van der Waals surface area (Å²) in [4.78, 5) is 14.8. The van der Waals surface area contributed by atoms with E-state index in [0.717, 1.165) is 4.90 Å². The number of likely N-dealkylation sites (tertiary alicyclic amines) is 1. The Morgan fingerprint density at radius 1 is 1.37 bits per heavy atom. The molecule has 0 bridgehead atoms. The van der Waals surface area contributed by atoms with Crippen molar-refractivity contribution in [2.75, 3.05) is 25.1 Å². The van der Waals surface area contributed by atoms with Gasteiger partial charge in [-0.1, -0.05) is 19.1 Å². The number of carbonyl (C=O) groups is 1. The number of sulfone groups is 1. The number of rotatable bonds is 4. The monoisotopic (exact) mass is 299 g/mol. The van der Waals surface area contributed by atoms with Gasteiger partial charge in [-0.25, -0.2) is 8.42 Å². The summed E-state index contributed by atoms with van der Waals surface area (Å²) in [7, 11) is -3.02. The molecule has 1 fully saturated rings. The van der Waals surface area contributed by atoms with Gasteiger partial charge in [0, 0.05) is 23.7 Å². The van der Waals surface area contributed by atoms with Gasteiger partial charge in [-0.2, -0.15) is 0 Å². The van der Waals surface area contributed by atoms with Crippen LogP contribution in [0.3, 0.4) is 0 Å². The van der Waals surface area contributed by atoms with Gasteiger partial charge >= 0.3 is 0 Å². The maximum absolute atomic E-state index is 12.3. The fraction of sp³-hybridized carbons (Fsp3) is 0.462. The van der Waals surface area contributed by atoms with Crippen molar-refractivity contribution in [3.8, 4) is 0 Å². The zero-order valence-corrected chi connectivity index (χ0v) is 12.6. The van der Waals surface area contributed by atoms with Crippen LogP contribution in [-0.2, 0) is 9.84 Å². The van der Waals surface area contributed by atoms with Crippen molar-refractivity contribution < 1.29 is 13.2 Å². The Labute approximate surface area is 118 Å². The predicted octanol–water partition coefficient (Wildman–Crippen LogP) is 1.67. The largest absolute Gasteiger partial charge is 0.336 e. The summed E-state index contributed by atoms with van der Waals surface area (Å²) in [5.41, 5.74) is 0.655. The third kappa shape index (κ3) is 2.79. The first-order valence-corrected chi connectivity index (χ1v) is 9.07. The molecule has 19 heavy (non-hydrogen) atoms. The summed E-state index contributed by atoms with van der Waals surface area (Å²) < 4.78 is 23.3. The number of hydrogen-bond donors (Lipinski definition) is 0. The molecule has 6 heteroatoms. The van der Waals surface area contributed by atoms with Crippen LogP contribution in [-0.4, -0.2) is 49.6 Å². The molecule has 1 aliphatic rings. The highest BCUT2D eigenvalue weighted by molar-refractivity contribution is 7.98. The standard InChI is InChI=1S/C13H17NO3S2/c1-3-19(16,17)10-8-14(9-10)13(15)11-6-4-5-7-12(11)18-2/h4-7,10H,3,8-9H2,1-2H3. The van der Waals surface area contributed by atoms with Gasteiger partial charge in [-0.3, -0.25) is 4.79 Å². The molecule has 0 spiro atoms. The van der Waals surface area contributed by atoms with Gasteiger partial charge in [0.15, 0.2) is 9.84 Å². The van der Waals surface area contributed by atoms with E-state index in [2.05, 4.69) is 0 Å². The molecular formula is C13H17NO3S2. The van der Waals surface area contributed by atoms with Gasteiger partial charge in [0.1, 0.15) is 0 Å². The smallest absolute Gasteiger partial charge is 0.255 e. The molecule has 1 heterocycles. The second-order valence-electron chi connectivity index (χ2n) is 4.48. The van der Waals surface area contributed by atoms with E-state index in [-0.39, 0.29) is 16.9 Å². The predicted molar refractivity (Wildman–Crippen MR) is 77.4 cm³/mol. The summed E-state index contributed by atoms with van der Waals surface area (Å²) in [6.45, 7) is 2.28. The maximum Gasteiger partial charge on any atom is 0.255 e. The number of carbonyl (C=O) groups excluding carboxylic acids is 1. The molecule has 0 N–H and O–H groups in total. The zero-order chi connectivity index (χ0) is 14.0. The molecule has 4 nitrogen and oxygen atoms in total. The lowest BCUT2D eigenvalue weighted by atomic mass is 10.1. The van der Waals surface area contributed by atoms with E-state index in [0.29, 0.717) is 18.7 Å². The highest BCUT2D eigenvalue weighted by atomic mass is 32.2. The van der Waals surface area contributed by atoms with Gasteiger partial charge in [0.2, 0.25) is 0 Å². The molecule has 0 radical (unpaired) electrons. The minimum atomic E-state index is -3.02. The molecule has 0 atom stereocenters. The number of hydrogen-bond acceptors (Lipinski definition) is 4. The van der Waals surface area contributed by atoms with Crippen molar-refractivity contribution in [3.63, 3.8) is 0 Å². The lowest BCUT2D eigenvalue weighted by molar-refractivity contribution is 0.0655. The Morgan fingerprint density at radius 3 is 2.58 bits per heavy atom. The molecule has 0 saturated carbocycles. The molecule has 0 aromatic heterocycles. The molecular weight excluding hydrogens is 282 g/mol. The van der Waals surface area contributed by atoms with Crippen LogP contribution in [0.2, 0.25) is 0 Å². The normalized spacial score (nSPS) is 16.2. The minimum absolute atomic E-state index is 0.0764. The second kappa shape index (κ2) is 5.54. The van der Waals surface area contributed by atoms with E-state index in [4.69, 9.17) is 0 Å². The Bertz CT molecular complexity index is 577. The Morgan fingerprint density at radius 2 is 2.00 bits per heavy atom. The molecule has 2 rings (SSSR count). The van der Waals surface area contributed by atoms with Crippen molar-refractivity contribution in [1.82, 2.24) is 4.90 Å². The minimum Gasteiger partial charge on any atom is -0.336 e. The first-order valence-electron chi connectivity index (χ1n) is 6.13. The topological polar surface area (TPSA) is 54.5 Å². The lowest BCUT2D eigenvalue weighted by Crippen LogP contribution is -2.57. The average Bonchev–Trinajstić information content (AvgIpc) is 2.36. The van der Waals surface area contributed by atoms with Gasteiger partial charge in [-0.05, 0) is 18.4 Å². The molecule has 0 aliphatic carbocycles. The van der Waals surface area contributed by atoms with Crippen LogP contribution < -0.4 is 0 Å². The maximum atomic E-state index is 12.3. The molecule has 1 aromatic rings. The Balaban J connectivity index is 2.08. The molecule has 1 aliphatic heterocycles. The number of amides is 1. The number of thioether (sulfide) groups is 1. The first kappa shape index (κ1) is 14.4. The SMILES string of the molecule is CCS(=O)(=O)C1CN(C(=O)c2ccccc2SC)C1. The van der Waals surface area contributed by atoms with E-state index in [1.165, 1.54) is 11.8 Å². The quantitative estimate of drug-likeness (QED) is 0.794. The Kier molecular flexibility index (Phi) is 4.20. The number of nitrogens with zero attached hydrogens (tertiary/aromatic N) is 1. The number of benzene rings is 1. The van der Waals surface area contributed by atoms with E-state index in [1.807, 2.05) is 24.5 Å². The van der Waals surface area contributed by atoms with Gasteiger partial charge in [0.25, 0.3) is 5.91 Å². The highest BCUT2D eigenvalue weighted by Gasteiger charge is 2.39. The van der Waals surface area contributed by atoms with E-state index in [1.54, 1.807) is 17.9 Å². The van der Waals surface area contributed by atoms with Crippen LogP contribution in [0.5, 0.6) is 0 Å². The molecule has 1 amide bonds. The van der Waals surface area contributed by atoms with Crippen LogP contribution in [0, 0.1) is 0 Å². The van der Waals surface area contributed by atoms with Crippen LogP contribution in [0.25, 0.3) is 0 Å². The van der Waals surface area contributed by atoms with Crippen LogP contribution >= 0.6 is 11.8 Å². The summed E-state index contributed by atoms with van der Waals surface area (Å²) in [5, 5.41) is -0.386. The van der Waals surface area contributed by atoms with Gasteiger partial charge < -0.3 is 4.90 Å². The van der Waals surface area contributed by atoms with Crippen LogP contribution in [0.15, 0.2) is 29.2 Å². The van der Waals surface area contributed by atoms with Gasteiger partial charge in [0.05, 0.1) is 10.8 Å². The van der Waals surface area contributed by atoms with Gasteiger partial charge in [-0.15, -0.1) is 11.8 Å². The fourth-order valence-corrected chi connectivity index (χ4v) is 3.93. The molecule has 1 saturated heterocycles. The summed E-state index contributed by atoms with van der Waals surface area (Å²) in [6, 6.07) is 7.41. The second-order valence-corrected chi connectivity index (χ2v) is 7.90. The third-order valence-corrected chi connectivity index (χ3v) is 6.30. The zero-order valence-electron chi connectivity index (χ0n) is 11.0.